The third-order valence-corrected chi connectivity index (χ3v) is 3.95. The molecule has 2 heterocycles. The van der Waals surface area contributed by atoms with Gasteiger partial charge in [0.15, 0.2) is 0 Å². The number of likely N-dealkylation sites (N-methyl/N-ethyl adjacent to an activating group) is 1. The second-order valence-corrected chi connectivity index (χ2v) is 5.09. The van der Waals surface area contributed by atoms with Crippen LogP contribution in [0.2, 0.25) is 0 Å². The Hall–Kier alpha value is -0.610. The summed E-state index contributed by atoms with van der Waals surface area (Å²) < 4.78 is 0. The van der Waals surface area contributed by atoms with Crippen LogP contribution in [0.1, 0.15) is 26.7 Å². The van der Waals surface area contributed by atoms with Gasteiger partial charge in [0.05, 0.1) is 5.54 Å². The van der Waals surface area contributed by atoms with Crippen LogP contribution in [0.5, 0.6) is 0 Å². The van der Waals surface area contributed by atoms with Crippen LogP contribution in [0.3, 0.4) is 0 Å². The zero-order chi connectivity index (χ0) is 11.6. The van der Waals surface area contributed by atoms with Crippen molar-refractivity contribution in [2.24, 2.45) is 0 Å². The molecule has 4 nitrogen and oxygen atoms in total. The van der Waals surface area contributed by atoms with Gasteiger partial charge in [-0.05, 0) is 32.9 Å². The smallest absolute Gasteiger partial charge is 0.242 e. The summed E-state index contributed by atoms with van der Waals surface area (Å²) in [6.45, 7) is 10.1. The molecule has 2 fully saturated rings. The van der Waals surface area contributed by atoms with E-state index in [1.54, 1.807) is 0 Å². The Morgan fingerprint density at radius 2 is 2.00 bits per heavy atom. The Balaban J connectivity index is 1.91. The SMILES string of the molecule is CCN1CCN(C(=O)C2(C)CCCN2)CC1. The molecule has 2 rings (SSSR count). The molecule has 2 aliphatic rings. The number of nitrogens with zero attached hydrogens (tertiary/aromatic N) is 2. The summed E-state index contributed by atoms with van der Waals surface area (Å²) in [7, 11) is 0. The largest absolute Gasteiger partial charge is 0.339 e. The Kier molecular flexibility index (Phi) is 3.50. The van der Waals surface area contributed by atoms with Crippen LogP contribution in [-0.2, 0) is 4.79 Å². The van der Waals surface area contributed by atoms with E-state index in [1.165, 1.54) is 0 Å². The highest BCUT2D eigenvalue weighted by atomic mass is 16.2. The Morgan fingerprint density at radius 3 is 2.50 bits per heavy atom. The standard InChI is InChI=1S/C12H23N3O/c1-3-14-7-9-15(10-8-14)11(16)12(2)5-4-6-13-12/h13H,3-10H2,1-2H3. The van der Waals surface area contributed by atoms with Crippen LogP contribution < -0.4 is 5.32 Å². The van der Waals surface area contributed by atoms with Crippen LogP contribution in [-0.4, -0.2) is 60.5 Å². The molecule has 1 unspecified atom stereocenters. The van der Waals surface area contributed by atoms with Crippen molar-refractivity contribution in [3.05, 3.63) is 0 Å². The van der Waals surface area contributed by atoms with Gasteiger partial charge in [-0.2, -0.15) is 0 Å². The van der Waals surface area contributed by atoms with Crippen molar-refractivity contribution in [3.63, 3.8) is 0 Å². The lowest BCUT2D eigenvalue weighted by atomic mass is 9.98. The molecule has 0 bridgehead atoms. The van der Waals surface area contributed by atoms with Gasteiger partial charge in [-0.1, -0.05) is 6.92 Å². The summed E-state index contributed by atoms with van der Waals surface area (Å²) in [6, 6.07) is 0. The molecular formula is C12H23N3O. The van der Waals surface area contributed by atoms with Gasteiger partial charge < -0.3 is 15.1 Å². The van der Waals surface area contributed by atoms with Gasteiger partial charge in [0.25, 0.3) is 0 Å². The molecule has 2 saturated heterocycles. The number of nitrogens with one attached hydrogen (secondary N) is 1. The van der Waals surface area contributed by atoms with Crippen molar-refractivity contribution in [3.8, 4) is 0 Å². The molecule has 2 aliphatic heterocycles. The molecule has 1 atom stereocenters. The van der Waals surface area contributed by atoms with E-state index in [2.05, 4.69) is 24.1 Å². The highest BCUT2D eigenvalue weighted by Gasteiger charge is 2.39. The van der Waals surface area contributed by atoms with E-state index < -0.39 is 0 Å². The van der Waals surface area contributed by atoms with E-state index in [0.717, 1.165) is 52.1 Å². The number of rotatable bonds is 2. The summed E-state index contributed by atoms with van der Waals surface area (Å²) >= 11 is 0. The topological polar surface area (TPSA) is 35.6 Å². The summed E-state index contributed by atoms with van der Waals surface area (Å²) in [6.07, 6.45) is 2.11. The molecular weight excluding hydrogens is 202 g/mol. The first-order chi connectivity index (χ1) is 7.65. The predicted molar refractivity (Wildman–Crippen MR) is 64.3 cm³/mol. The third-order valence-electron chi connectivity index (χ3n) is 3.95. The first kappa shape index (κ1) is 11.9. The van der Waals surface area contributed by atoms with Crippen molar-refractivity contribution in [2.75, 3.05) is 39.3 Å². The van der Waals surface area contributed by atoms with E-state index in [-0.39, 0.29) is 5.54 Å². The van der Waals surface area contributed by atoms with Gasteiger partial charge >= 0.3 is 0 Å². The second kappa shape index (κ2) is 4.72. The minimum Gasteiger partial charge on any atom is -0.339 e. The van der Waals surface area contributed by atoms with Crippen LogP contribution in [0.4, 0.5) is 0 Å². The van der Waals surface area contributed by atoms with E-state index in [1.807, 2.05) is 4.90 Å². The number of carbonyl (C=O) groups excluding carboxylic acids is 1. The van der Waals surface area contributed by atoms with Gasteiger partial charge in [0.2, 0.25) is 5.91 Å². The molecule has 1 amide bonds. The van der Waals surface area contributed by atoms with Gasteiger partial charge in [0.1, 0.15) is 0 Å². The number of carbonyl (C=O) groups is 1. The number of hydrogen-bond donors (Lipinski definition) is 1. The van der Waals surface area contributed by atoms with E-state index in [0.29, 0.717) is 5.91 Å². The van der Waals surface area contributed by atoms with E-state index >= 15 is 0 Å². The molecule has 0 saturated carbocycles. The van der Waals surface area contributed by atoms with Crippen LogP contribution >= 0.6 is 0 Å². The number of amides is 1. The predicted octanol–water partition coefficient (Wildman–Crippen LogP) is 0.293. The maximum absolute atomic E-state index is 12.4. The molecule has 16 heavy (non-hydrogen) atoms. The number of piperazine rings is 1. The third kappa shape index (κ3) is 2.23. The van der Waals surface area contributed by atoms with Crippen LogP contribution in [0.25, 0.3) is 0 Å². The quantitative estimate of drug-likeness (QED) is 0.734. The molecule has 0 radical (unpaired) electrons. The van der Waals surface area contributed by atoms with Crippen LogP contribution in [0.15, 0.2) is 0 Å². The number of hydrogen-bond acceptors (Lipinski definition) is 3. The average Bonchev–Trinajstić information content (AvgIpc) is 2.77. The fourth-order valence-electron chi connectivity index (χ4n) is 2.69. The fraction of sp³-hybridized carbons (Fsp3) is 0.917. The minimum absolute atomic E-state index is 0.283. The summed E-state index contributed by atoms with van der Waals surface area (Å²) in [4.78, 5) is 16.8. The summed E-state index contributed by atoms with van der Waals surface area (Å²) in [5, 5.41) is 3.35. The molecule has 0 aromatic heterocycles. The van der Waals surface area contributed by atoms with Crippen molar-refractivity contribution in [1.29, 1.82) is 0 Å². The Bertz CT molecular complexity index is 253. The van der Waals surface area contributed by atoms with Gasteiger partial charge in [-0.15, -0.1) is 0 Å². The molecule has 0 aromatic rings. The molecule has 92 valence electrons. The first-order valence-corrected chi connectivity index (χ1v) is 6.42. The van der Waals surface area contributed by atoms with Gasteiger partial charge in [-0.3, -0.25) is 4.79 Å². The van der Waals surface area contributed by atoms with E-state index in [4.69, 9.17) is 0 Å². The van der Waals surface area contributed by atoms with E-state index in [9.17, 15) is 4.79 Å². The molecule has 1 N–H and O–H groups in total. The first-order valence-electron chi connectivity index (χ1n) is 6.42. The molecule has 4 heteroatoms. The Labute approximate surface area is 98.0 Å². The highest BCUT2D eigenvalue weighted by Crippen LogP contribution is 2.21. The van der Waals surface area contributed by atoms with Crippen LogP contribution in [0, 0.1) is 0 Å². The fourth-order valence-corrected chi connectivity index (χ4v) is 2.69. The zero-order valence-electron chi connectivity index (χ0n) is 10.5. The summed E-state index contributed by atoms with van der Waals surface area (Å²) in [5.41, 5.74) is -0.283. The maximum Gasteiger partial charge on any atom is 0.242 e. The zero-order valence-corrected chi connectivity index (χ0v) is 10.5. The average molecular weight is 225 g/mol. The minimum atomic E-state index is -0.283. The molecule has 0 aliphatic carbocycles. The normalized spacial score (nSPS) is 32.0. The monoisotopic (exact) mass is 225 g/mol. The van der Waals surface area contributed by atoms with Crippen molar-refractivity contribution >= 4 is 5.91 Å². The lowest BCUT2D eigenvalue weighted by Crippen LogP contribution is -2.57. The molecule has 0 aromatic carbocycles. The van der Waals surface area contributed by atoms with Gasteiger partial charge in [0, 0.05) is 26.2 Å². The summed E-state index contributed by atoms with van der Waals surface area (Å²) in [5.74, 6) is 0.306. The lowest BCUT2D eigenvalue weighted by Gasteiger charge is -2.38. The van der Waals surface area contributed by atoms with Crippen molar-refractivity contribution in [1.82, 2.24) is 15.1 Å². The van der Waals surface area contributed by atoms with Gasteiger partial charge in [-0.25, -0.2) is 0 Å². The highest BCUT2D eigenvalue weighted by molar-refractivity contribution is 5.86. The maximum atomic E-state index is 12.4. The second-order valence-electron chi connectivity index (χ2n) is 5.09. The molecule has 0 spiro atoms. The van der Waals surface area contributed by atoms with Crippen molar-refractivity contribution < 1.29 is 4.79 Å². The van der Waals surface area contributed by atoms with Crippen molar-refractivity contribution in [2.45, 2.75) is 32.2 Å². The lowest BCUT2D eigenvalue weighted by molar-refractivity contribution is -0.138. The Morgan fingerprint density at radius 1 is 1.31 bits per heavy atom.